The number of aliphatic carboxylic acids is 1. The predicted octanol–water partition coefficient (Wildman–Crippen LogP) is 2.37. The summed E-state index contributed by atoms with van der Waals surface area (Å²) in [6.07, 6.45) is 0. The van der Waals surface area contributed by atoms with Gasteiger partial charge in [-0.05, 0) is 37.6 Å². The topological polar surface area (TPSA) is 82.6 Å². The van der Waals surface area contributed by atoms with Crippen LogP contribution in [-0.2, 0) is 11.3 Å². The predicted molar refractivity (Wildman–Crippen MR) is 85.6 cm³/mol. The number of carbonyl (C=O) groups is 2. The zero-order valence-corrected chi connectivity index (χ0v) is 13.4. The van der Waals surface area contributed by atoms with E-state index in [1.165, 1.54) is 0 Å². The molecule has 0 fully saturated rings. The van der Waals surface area contributed by atoms with E-state index in [1.807, 2.05) is 32.0 Å². The molecule has 1 amide bonds. The molecule has 0 saturated carbocycles. The standard InChI is InChI=1S/C17H20N2O4/c1-11-8-15(12(2)18-11)17(22)19(3)9-13-4-6-14(7-5-13)23-10-16(20)21/h4-8,18H,9-10H2,1-3H3,(H,20,21). The molecule has 0 spiro atoms. The van der Waals surface area contributed by atoms with Crippen LogP contribution in [0.3, 0.4) is 0 Å². The van der Waals surface area contributed by atoms with Crippen molar-refractivity contribution in [1.82, 2.24) is 9.88 Å². The smallest absolute Gasteiger partial charge is 0.341 e. The zero-order valence-electron chi connectivity index (χ0n) is 13.4. The first-order chi connectivity index (χ1) is 10.9. The van der Waals surface area contributed by atoms with Crippen LogP contribution in [0, 0.1) is 13.8 Å². The molecule has 0 saturated heterocycles. The van der Waals surface area contributed by atoms with E-state index >= 15 is 0 Å². The molecule has 2 rings (SSSR count). The van der Waals surface area contributed by atoms with Crippen LogP contribution in [0.5, 0.6) is 5.75 Å². The SMILES string of the molecule is Cc1cc(C(=O)N(C)Cc2ccc(OCC(=O)O)cc2)c(C)[nH]1. The summed E-state index contributed by atoms with van der Waals surface area (Å²) in [5.41, 5.74) is 3.43. The van der Waals surface area contributed by atoms with Gasteiger partial charge in [0, 0.05) is 25.0 Å². The van der Waals surface area contributed by atoms with Crippen LogP contribution in [0.2, 0.25) is 0 Å². The number of amides is 1. The minimum absolute atomic E-state index is 0.0435. The van der Waals surface area contributed by atoms with Crippen molar-refractivity contribution < 1.29 is 19.4 Å². The number of nitrogens with one attached hydrogen (secondary N) is 1. The minimum atomic E-state index is -1.02. The molecule has 0 atom stereocenters. The number of aryl methyl sites for hydroxylation is 2. The average molecular weight is 316 g/mol. The van der Waals surface area contributed by atoms with Crippen LogP contribution in [-0.4, -0.2) is 40.5 Å². The second-order valence-corrected chi connectivity index (χ2v) is 5.48. The summed E-state index contributed by atoms with van der Waals surface area (Å²) in [4.78, 5) is 27.7. The lowest BCUT2D eigenvalue weighted by molar-refractivity contribution is -0.139. The Bertz CT molecular complexity index is 704. The van der Waals surface area contributed by atoms with E-state index in [-0.39, 0.29) is 12.5 Å². The van der Waals surface area contributed by atoms with Gasteiger partial charge in [0.05, 0.1) is 5.56 Å². The van der Waals surface area contributed by atoms with Crippen LogP contribution in [0.4, 0.5) is 0 Å². The Hall–Kier alpha value is -2.76. The Kier molecular flexibility index (Phi) is 5.05. The van der Waals surface area contributed by atoms with Crippen molar-refractivity contribution in [2.75, 3.05) is 13.7 Å². The lowest BCUT2D eigenvalue weighted by Gasteiger charge is -2.17. The molecule has 0 aliphatic carbocycles. The van der Waals surface area contributed by atoms with Crippen molar-refractivity contribution in [1.29, 1.82) is 0 Å². The monoisotopic (exact) mass is 316 g/mol. The summed E-state index contributed by atoms with van der Waals surface area (Å²) in [6.45, 7) is 3.88. The van der Waals surface area contributed by atoms with Gasteiger partial charge in [0.2, 0.25) is 0 Å². The Morgan fingerprint density at radius 1 is 1.22 bits per heavy atom. The summed E-state index contributed by atoms with van der Waals surface area (Å²) in [5, 5.41) is 8.57. The molecular weight excluding hydrogens is 296 g/mol. The minimum Gasteiger partial charge on any atom is -0.482 e. The quantitative estimate of drug-likeness (QED) is 0.857. The van der Waals surface area contributed by atoms with Gasteiger partial charge < -0.3 is 19.7 Å². The average Bonchev–Trinajstić information content (AvgIpc) is 2.84. The molecule has 0 bridgehead atoms. The maximum absolute atomic E-state index is 12.4. The summed E-state index contributed by atoms with van der Waals surface area (Å²) in [5.74, 6) is -0.572. The van der Waals surface area contributed by atoms with E-state index in [9.17, 15) is 9.59 Å². The molecule has 122 valence electrons. The number of hydrogen-bond donors (Lipinski definition) is 2. The number of aromatic nitrogens is 1. The summed E-state index contributed by atoms with van der Waals surface area (Å²) in [7, 11) is 1.75. The molecule has 0 aliphatic rings. The highest BCUT2D eigenvalue weighted by Crippen LogP contribution is 2.16. The maximum atomic E-state index is 12.4. The Morgan fingerprint density at radius 2 is 1.87 bits per heavy atom. The van der Waals surface area contributed by atoms with E-state index in [4.69, 9.17) is 9.84 Å². The fourth-order valence-corrected chi connectivity index (χ4v) is 2.33. The fourth-order valence-electron chi connectivity index (χ4n) is 2.33. The van der Waals surface area contributed by atoms with E-state index in [0.717, 1.165) is 17.0 Å². The van der Waals surface area contributed by atoms with Crippen molar-refractivity contribution in [3.05, 3.63) is 52.8 Å². The number of ether oxygens (including phenoxy) is 1. The largest absolute Gasteiger partial charge is 0.482 e. The molecular formula is C17H20N2O4. The molecule has 23 heavy (non-hydrogen) atoms. The van der Waals surface area contributed by atoms with Crippen LogP contribution < -0.4 is 4.74 Å². The van der Waals surface area contributed by atoms with Crippen LogP contribution in [0.25, 0.3) is 0 Å². The summed E-state index contributed by atoms with van der Waals surface area (Å²) < 4.78 is 5.08. The molecule has 0 radical (unpaired) electrons. The molecule has 6 heteroatoms. The molecule has 1 aromatic carbocycles. The van der Waals surface area contributed by atoms with Crippen LogP contribution in [0.1, 0.15) is 27.3 Å². The van der Waals surface area contributed by atoms with Crippen LogP contribution >= 0.6 is 0 Å². The lowest BCUT2D eigenvalue weighted by Crippen LogP contribution is -2.26. The van der Waals surface area contributed by atoms with Crippen LogP contribution in [0.15, 0.2) is 30.3 Å². The first kappa shape index (κ1) is 16.6. The van der Waals surface area contributed by atoms with Gasteiger partial charge in [0.1, 0.15) is 5.75 Å². The Morgan fingerprint density at radius 3 is 2.39 bits per heavy atom. The van der Waals surface area contributed by atoms with E-state index in [2.05, 4.69) is 4.98 Å². The van der Waals surface area contributed by atoms with Crippen molar-refractivity contribution in [2.24, 2.45) is 0 Å². The van der Waals surface area contributed by atoms with E-state index < -0.39 is 5.97 Å². The zero-order chi connectivity index (χ0) is 17.0. The summed E-state index contributed by atoms with van der Waals surface area (Å²) in [6, 6.07) is 8.87. The van der Waals surface area contributed by atoms with Gasteiger partial charge in [-0.2, -0.15) is 0 Å². The number of nitrogens with zero attached hydrogens (tertiary/aromatic N) is 1. The third kappa shape index (κ3) is 4.35. The molecule has 1 aromatic heterocycles. The third-order valence-corrected chi connectivity index (χ3v) is 3.43. The van der Waals surface area contributed by atoms with E-state index in [1.54, 1.807) is 24.1 Å². The number of aromatic amines is 1. The molecule has 6 nitrogen and oxygen atoms in total. The number of hydrogen-bond acceptors (Lipinski definition) is 3. The van der Waals surface area contributed by atoms with Crippen molar-refractivity contribution in [2.45, 2.75) is 20.4 Å². The van der Waals surface area contributed by atoms with Gasteiger partial charge >= 0.3 is 5.97 Å². The first-order valence-electron chi connectivity index (χ1n) is 7.22. The Balaban J connectivity index is 1.99. The number of rotatable bonds is 6. The maximum Gasteiger partial charge on any atom is 0.341 e. The third-order valence-electron chi connectivity index (χ3n) is 3.43. The fraction of sp³-hybridized carbons (Fsp3) is 0.294. The van der Waals surface area contributed by atoms with Gasteiger partial charge in [-0.3, -0.25) is 4.79 Å². The molecule has 2 N–H and O–H groups in total. The van der Waals surface area contributed by atoms with Gasteiger partial charge in [-0.1, -0.05) is 12.1 Å². The van der Waals surface area contributed by atoms with Gasteiger partial charge in [0.15, 0.2) is 6.61 Å². The molecule has 0 unspecified atom stereocenters. The van der Waals surface area contributed by atoms with Gasteiger partial charge in [-0.15, -0.1) is 0 Å². The highest BCUT2D eigenvalue weighted by molar-refractivity contribution is 5.95. The first-order valence-corrected chi connectivity index (χ1v) is 7.22. The second-order valence-electron chi connectivity index (χ2n) is 5.48. The van der Waals surface area contributed by atoms with Crippen molar-refractivity contribution in [3.8, 4) is 5.75 Å². The molecule has 2 aromatic rings. The number of benzene rings is 1. The number of carboxylic acid groups (broad SMARTS) is 1. The highest BCUT2D eigenvalue weighted by atomic mass is 16.5. The van der Waals surface area contributed by atoms with Crippen molar-refractivity contribution in [3.63, 3.8) is 0 Å². The van der Waals surface area contributed by atoms with Gasteiger partial charge in [0.25, 0.3) is 5.91 Å². The number of carbonyl (C=O) groups excluding carboxylic acids is 1. The number of H-pyrrole nitrogens is 1. The normalized spacial score (nSPS) is 10.4. The van der Waals surface area contributed by atoms with Crippen molar-refractivity contribution >= 4 is 11.9 Å². The molecule has 1 heterocycles. The number of carboxylic acids is 1. The van der Waals surface area contributed by atoms with Gasteiger partial charge in [-0.25, -0.2) is 4.79 Å². The lowest BCUT2D eigenvalue weighted by atomic mass is 10.1. The highest BCUT2D eigenvalue weighted by Gasteiger charge is 2.16. The second kappa shape index (κ2) is 7.00. The van der Waals surface area contributed by atoms with E-state index in [0.29, 0.717) is 17.9 Å². The molecule has 0 aliphatic heterocycles. The Labute approximate surface area is 134 Å². The summed E-state index contributed by atoms with van der Waals surface area (Å²) >= 11 is 0.